The van der Waals surface area contributed by atoms with Crippen molar-refractivity contribution < 1.29 is 0 Å². The Balaban J connectivity index is 2.46. The highest BCUT2D eigenvalue weighted by Gasteiger charge is 2.12. The van der Waals surface area contributed by atoms with Gasteiger partial charge in [0.1, 0.15) is 0 Å². The van der Waals surface area contributed by atoms with Crippen LogP contribution in [0, 0.1) is 4.77 Å². The van der Waals surface area contributed by atoms with Gasteiger partial charge in [-0.25, -0.2) is 0 Å². The topological polar surface area (TPSA) is 20.7 Å². The van der Waals surface area contributed by atoms with Crippen molar-refractivity contribution in [3.63, 3.8) is 0 Å². The number of H-pyrrole nitrogens is 1. The molecule has 1 heterocycles. The van der Waals surface area contributed by atoms with E-state index in [1.807, 2.05) is 12.3 Å². The van der Waals surface area contributed by atoms with Crippen LogP contribution in [0.2, 0.25) is 0 Å². The molecule has 1 atom stereocenters. The minimum atomic E-state index is 0.251. The lowest BCUT2D eigenvalue weighted by atomic mass is 10.1. The molecule has 2 nitrogen and oxygen atoms in total. The zero-order chi connectivity index (χ0) is 12.4. The van der Waals surface area contributed by atoms with Crippen molar-refractivity contribution in [1.82, 2.24) is 9.55 Å². The summed E-state index contributed by atoms with van der Waals surface area (Å²) in [5.41, 5.74) is 2.49. The molecule has 17 heavy (non-hydrogen) atoms. The summed E-state index contributed by atoms with van der Waals surface area (Å²) in [6.45, 7) is 4.31. The van der Waals surface area contributed by atoms with Gasteiger partial charge in [-0.1, -0.05) is 35.0 Å². The van der Waals surface area contributed by atoms with E-state index in [2.05, 4.69) is 57.5 Å². The van der Waals surface area contributed by atoms with E-state index in [0.717, 1.165) is 15.7 Å². The van der Waals surface area contributed by atoms with Gasteiger partial charge in [0, 0.05) is 16.4 Å². The van der Waals surface area contributed by atoms with Gasteiger partial charge in [0.05, 0.1) is 6.04 Å². The third-order valence-electron chi connectivity index (χ3n) is 2.97. The number of hydrogen-bond donors (Lipinski definition) is 1. The normalized spacial score (nSPS) is 12.6. The van der Waals surface area contributed by atoms with E-state index >= 15 is 0 Å². The molecule has 0 radical (unpaired) electrons. The maximum Gasteiger partial charge on any atom is 0.177 e. The van der Waals surface area contributed by atoms with Gasteiger partial charge in [-0.15, -0.1) is 0 Å². The first kappa shape index (κ1) is 12.6. The first-order chi connectivity index (χ1) is 8.13. The average molecular weight is 311 g/mol. The first-order valence-electron chi connectivity index (χ1n) is 5.67. The fraction of sp³-hybridized carbons (Fsp3) is 0.308. The molecule has 2 rings (SSSR count). The monoisotopic (exact) mass is 310 g/mol. The van der Waals surface area contributed by atoms with Gasteiger partial charge in [0.2, 0.25) is 0 Å². The van der Waals surface area contributed by atoms with Crippen LogP contribution >= 0.6 is 28.1 Å². The number of benzene rings is 1. The Labute approximate surface area is 115 Å². The summed E-state index contributed by atoms with van der Waals surface area (Å²) in [5, 5.41) is 0. The number of aromatic nitrogens is 2. The predicted octanol–water partition coefficient (Wildman–Crippen LogP) is 4.48. The van der Waals surface area contributed by atoms with Crippen LogP contribution in [0.15, 0.2) is 34.9 Å². The van der Waals surface area contributed by atoms with Crippen LogP contribution in [-0.2, 0) is 6.42 Å². The molecule has 1 N–H and O–H groups in total. The Morgan fingerprint density at radius 1 is 1.47 bits per heavy atom. The summed E-state index contributed by atoms with van der Waals surface area (Å²) in [5.74, 6) is 0. The molecule has 0 bridgehead atoms. The summed E-state index contributed by atoms with van der Waals surface area (Å²) in [4.78, 5) is 3.12. The minimum Gasteiger partial charge on any atom is -0.337 e. The summed E-state index contributed by atoms with van der Waals surface area (Å²) < 4.78 is 4.06. The summed E-state index contributed by atoms with van der Waals surface area (Å²) in [6.07, 6.45) is 2.97. The molecule has 1 aromatic carbocycles. The van der Waals surface area contributed by atoms with Crippen LogP contribution in [0.3, 0.4) is 0 Å². The number of nitrogens with one attached hydrogen (secondary N) is 1. The van der Waals surface area contributed by atoms with Gasteiger partial charge in [-0.2, -0.15) is 0 Å². The van der Waals surface area contributed by atoms with E-state index in [1.165, 1.54) is 11.3 Å². The molecule has 0 aliphatic rings. The first-order valence-corrected chi connectivity index (χ1v) is 6.88. The van der Waals surface area contributed by atoms with Crippen molar-refractivity contribution in [1.29, 1.82) is 0 Å². The summed E-state index contributed by atoms with van der Waals surface area (Å²) in [7, 11) is 0. The molecule has 0 saturated heterocycles. The number of imidazole rings is 1. The summed E-state index contributed by atoms with van der Waals surface area (Å²) in [6, 6.07) is 8.61. The van der Waals surface area contributed by atoms with Gasteiger partial charge in [-0.05, 0) is 43.3 Å². The van der Waals surface area contributed by atoms with Gasteiger partial charge in [0.15, 0.2) is 4.77 Å². The molecular weight excluding hydrogens is 296 g/mol. The number of halogens is 1. The molecule has 0 aliphatic carbocycles. The van der Waals surface area contributed by atoms with Gasteiger partial charge >= 0.3 is 0 Å². The van der Waals surface area contributed by atoms with E-state index < -0.39 is 0 Å². The zero-order valence-electron chi connectivity index (χ0n) is 9.90. The second-order valence-corrected chi connectivity index (χ2v) is 5.34. The third-order valence-corrected chi connectivity index (χ3v) is 3.78. The van der Waals surface area contributed by atoms with Crippen LogP contribution in [-0.4, -0.2) is 9.55 Å². The molecular formula is C13H15BrN2S. The van der Waals surface area contributed by atoms with Crippen molar-refractivity contribution in [2.45, 2.75) is 26.3 Å². The van der Waals surface area contributed by atoms with Crippen LogP contribution < -0.4 is 0 Å². The van der Waals surface area contributed by atoms with Crippen LogP contribution in [0.1, 0.15) is 31.1 Å². The molecule has 4 heteroatoms. The highest BCUT2D eigenvalue weighted by atomic mass is 79.9. The molecule has 90 valence electrons. The average Bonchev–Trinajstić information content (AvgIpc) is 2.69. The summed E-state index contributed by atoms with van der Waals surface area (Å²) >= 11 is 8.85. The standard InChI is InChI=1S/C13H15BrN2S/c1-3-12-8-15-13(17)16(12)9(2)10-5-4-6-11(14)7-10/h4-9H,3H2,1-2H3,(H,15,17). The van der Waals surface area contributed by atoms with E-state index in [4.69, 9.17) is 12.2 Å². The third kappa shape index (κ3) is 2.53. The van der Waals surface area contributed by atoms with E-state index in [-0.39, 0.29) is 6.04 Å². The van der Waals surface area contributed by atoms with Gasteiger partial charge < -0.3 is 9.55 Å². The SMILES string of the molecule is CCc1c[nH]c(=S)n1C(C)c1cccc(Br)c1. The van der Waals surface area contributed by atoms with Crippen molar-refractivity contribution in [2.75, 3.05) is 0 Å². The Hall–Kier alpha value is -0.870. The highest BCUT2D eigenvalue weighted by Crippen LogP contribution is 2.23. The largest absolute Gasteiger partial charge is 0.337 e. The van der Waals surface area contributed by atoms with E-state index in [1.54, 1.807) is 0 Å². The molecule has 0 aliphatic heterocycles. The number of aromatic amines is 1. The number of rotatable bonds is 3. The molecule has 0 spiro atoms. The van der Waals surface area contributed by atoms with Gasteiger partial charge in [0.25, 0.3) is 0 Å². The number of nitrogens with zero attached hydrogens (tertiary/aromatic N) is 1. The molecule has 1 aromatic heterocycles. The Morgan fingerprint density at radius 3 is 2.88 bits per heavy atom. The minimum absolute atomic E-state index is 0.251. The Kier molecular flexibility index (Phi) is 3.84. The lowest BCUT2D eigenvalue weighted by Gasteiger charge is -2.17. The lowest BCUT2D eigenvalue weighted by molar-refractivity contribution is 0.604. The van der Waals surface area contributed by atoms with E-state index in [9.17, 15) is 0 Å². The quantitative estimate of drug-likeness (QED) is 0.829. The maximum atomic E-state index is 5.34. The van der Waals surface area contributed by atoms with Crippen molar-refractivity contribution in [3.05, 3.63) is 51.0 Å². The van der Waals surface area contributed by atoms with Crippen LogP contribution in [0.5, 0.6) is 0 Å². The lowest BCUT2D eigenvalue weighted by Crippen LogP contribution is -2.09. The fourth-order valence-electron chi connectivity index (χ4n) is 2.03. The molecule has 0 amide bonds. The Morgan fingerprint density at radius 2 is 2.24 bits per heavy atom. The molecule has 2 aromatic rings. The van der Waals surface area contributed by atoms with Crippen LogP contribution in [0.25, 0.3) is 0 Å². The molecule has 0 fully saturated rings. The number of aryl methyl sites for hydroxylation is 1. The second kappa shape index (κ2) is 5.19. The van der Waals surface area contributed by atoms with Crippen molar-refractivity contribution in [2.24, 2.45) is 0 Å². The second-order valence-electron chi connectivity index (χ2n) is 4.04. The van der Waals surface area contributed by atoms with E-state index in [0.29, 0.717) is 0 Å². The highest BCUT2D eigenvalue weighted by molar-refractivity contribution is 9.10. The smallest absolute Gasteiger partial charge is 0.177 e. The van der Waals surface area contributed by atoms with Crippen molar-refractivity contribution >= 4 is 28.1 Å². The molecule has 0 saturated carbocycles. The predicted molar refractivity (Wildman–Crippen MR) is 76.9 cm³/mol. The maximum absolute atomic E-state index is 5.34. The molecule has 1 unspecified atom stereocenters. The van der Waals surface area contributed by atoms with Crippen molar-refractivity contribution in [3.8, 4) is 0 Å². The number of hydrogen-bond acceptors (Lipinski definition) is 1. The Bertz CT molecular complexity index is 571. The van der Waals surface area contributed by atoms with Gasteiger partial charge in [-0.3, -0.25) is 0 Å². The zero-order valence-corrected chi connectivity index (χ0v) is 12.3. The fourth-order valence-corrected chi connectivity index (χ4v) is 2.78. The van der Waals surface area contributed by atoms with Crippen LogP contribution in [0.4, 0.5) is 0 Å².